The number of nitrogens with zero attached hydrogens (tertiary/aromatic N) is 1. The molecule has 4 heteroatoms. The second kappa shape index (κ2) is 4.05. The molecular weight excluding hydrogens is 236 g/mol. The Balaban J connectivity index is 2.12. The Bertz CT molecular complexity index is 631. The zero-order chi connectivity index (χ0) is 12.7. The van der Waals surface area contributed by atoms with Crippen LogP contribution in [0, 0.1) is 11.6 Å². The van der Waals surface area contributed by atoms with E-state index in [-0.39, 0.29) is 5.78 Å². The van der Waals surface area contributed by atoms with Gasteiger partial charge < -0.3 is 4.57 Å². The van der Waals surface area contributed by atoms with Crippen molar-refractivity contribution in [2.45, 2.75) is 19.3 Å². The summed E-state index contributed by atoms with van der Waals surface area (Å²) in [7, 11) is 0. The van der Waals surface area contributed by atoms with Gasteiger partial charge in [-0.3, -0.25) is 4.79 Å². The third kappa shape index (κ3) is 1.65. The SMILES string of the molecule is O=C1CCCc2c1ccn2-c1ccc(F)c(F)c1. The molecule has 0 aliphatic heterocycles. The molecule has 1 aromatic heterocycles. The highest BCUT2D eigenvalue weighted by Gasteiger charge is 2.21. The van der Waals surface area contributed by atoms with Crippen LogP contribution in [0.1, 0.15) is 28.9 Å². The van der Waals surface area contributed by atoms with Crippen LogP contribution in [0.25, 0.3) is 5.69 Å². The Morgan fingerprint density at radius 1 is 1.06 bits per heavy atom. The predicted octanol–water partition coefficient (Wildman–Crippen LogP) is 3.27. The predicted molar refractivity (Wildman–Crippen MR) is 63.0 cm³/mol. The molecule has 92 valence electrons. The van der Waals surface area contributed by atoms with Gasteiger partial charge in [-0.2, -0.15) is 0 Å². The Kier molecular flexibility index (Phi) is 2.51. The minimum Gasteiger partial charge on any atom is -0.320 e. The molecule has 1 aliphatic carbocycles. The highest BCUT2D eigenvalue weighted by molar-refractivity contribution is 5.98. The molecule has 3 rings (SSSR count). The molecule has 2 nitrogen and oxygen atoms in total. The Hall–Kier alpha value is -1.97. The van der Waals surface area contributed by atoms with Crippen molar-refractivity contribution in [1.82, 2.24) is 4.57 Å². The molecule has 2 aromatic rings. The molecule has 0 unspecified atom stereocenters. The van der Waals surface area contributed by atoms with Gasteiger partial charge in [-0.15, -0.1) is 0 Å². The Morgan fingerprint density at radius 3 is 2.67 bits per heavy atom. The van der Waals surface area contributed by atoms with Crippen LogP contribution in [-0.2, 0) is 6.42 Å². The average Bonchev–Trinajstić information content (AvgIpc) is 2.78. The number of halogens is 2. The lowest BCUT2D eigenvalue weighted by molar-refractivity contribution is 0.0972. The molecule has 1 aromatic carbocycles. The largest absolute Gasteiger partial charge is 0.320 e. The van der Waals surface area contributed by atoms with Crippen LogP contribution in [0.2, 0.25) is 0 Å². The van der Waals surface area contributed by atoms with Gasteiger partial charge in [-0.25, -0.2) is 8.78 Å². The Morgan fingerprint density at radius 2 is 1.89 bits per heavy atom. The van der Waals surface area contributed by atoms with Crippen LogP contribution < -0.4 is 0 Å². The maximum absolute atomic E-state index is 13.2. The van der Waals surface area contributed by atoms with Crippen molar-refractivity contribution in [2.24, 2.45) is 0 Å². The number of carbonyl (C=O) groups excluding carboxylic acids is 1. The normalized spacial score (nSPS) is 14.7. The summed E-state index contributed by atoms with van der Waals surface area (Å²) in [4.78, 5) is 11.7. The van der Waals surface area contributed by atoms with Gasteiger partial charge in [0.2, 0.25) is 0 Å². The van der Waals surface area contributed by atoms with Crippen molar-refractivity contribution in [2.75, 3.05) is 0 Å². The first-order valence-electron chi connectivity index (χ1n) is 5.85. The van der Waals surface area contributed by atoms with E-state index < -0.39 is 11.6 Å². The highest BCUT2D eigenvalue weighted by atomic mass is 19.2. The number of rotatable bonds is 1. The van der Waals surface area contributed by atoms with Crippen molar-refractivity contribution in [3.8, 4) is 5.69 Å². The molecule has 0 N–H and O–H groups in total. The third-order valence-electron chi connectivity index (χ3n) is 3.29. The number of aromatic nitrogens is 1. The lowest BCUT2D eigenvalue weighted by Gasteiger charge is -2.15. The third-order valence-corrected chi connectivity index (χ3v) is 3.29. The van der Waals surface area contributed by atoms with Crippen molar-refractivity contribution in [1.29, 1.82) is 0 Å². The minimum atomic E-state index is -0.878. The summed E-state index contributed by atoms with van der Waals surface area (Å²) in [5.41, 5.74) is 2.13. The molecule has 0 saturated carbocycles. The summed E-state index contributed by atoms with van der Waals surface area (Å²) >= 11 is 0. The van der Waals surface area contributed by atoms with E-state index in [0.717, 1.165) is 30.7 Å². The van der Waals surface area contributed by atoms with E-state index in [4.69, 9.17) is 0 Å². The van der Waals surface area contributed by atoms with Gasteiger partial charge in [0.15, 0.2) is 17.4 Å². The molecule has 0 amide bonds. The molecule has 0 spiro atoms. The summed E-state index contributed by atoms with van der Waals surface area (Å²) < 4.78 is 27.9. The molecule has 1 heterocycles. The van der Waals surface area contributed by atoms with Crippen molar-refractivity contribution in [3.63, 3.8) is 0 Å². The molecule has 0 bridgehead atoms. The van der Waals surface area contributed by atoms with Gasteiger partial charge in [0.1, 0.15) is 0 Å². The molecule has 18 heavy (non-hydrogen) atoms. The van der Waals surface area contributed by atoms with Crippen molar-refractivity contribution in [3.05, 3.63) is 53.4 Å². The van der Waals surface area contributed by atoms with E-state index in [1.165, 1.54) is 6.07 Å². The summed E-state index contributed by atoms with van der Waals surface area (Å²) in [5, 5.41) is 0. The van der Waals surface area contributed by atoms with Crippen LogP contribution in [0.15, 0.2) is 30.5 Å². The summed E-state index contributed by atoms with van der Waals surface area (Å²) in [6.07, 6.45) is 3.89. The zero-order valence-electron chi connectivity index (χ0n) is 9.62. The van der Waals surface area contributed by atoms with Crippen LogP contribution in [0.3, 0.4) is 0 Å². The fraction of sp³-hybridized carbons (Fsp3) is 0.214. The highest BCUT2D eigenvalue weighted by Crippen LogP contribution is 2.25. The molecule has 1 aliphatic rings. The van der Waals surface area contributed by atoms with Crippen molar-refractivity contribution < 1.29 is 13.6 Å². The first-order chi connectivity index (χ1) is 8.66. The van der Waals surface area contributed by atoms with E-state index in [1.54, 1.807) is 16.8 Å². The number of ketones is 1. The number of Topliss-reactive ketones (excluding diaryl/α,β-unsaturated/α-hetero) is 1. The smallest absolute Gasteiger partial charge is 0.164 e. The second-order valence-corrected chi connectivity index (χ2v) is 4.42. The lowest BCUT2D eigenvalue weighted by atomic mass is 9.97. The number of fused-ring (bicyclic) bond motifs is 1. The number of carbonyl (C=O) groups is 1. The summed E-state index contributed by atoms with van der Waals surface area (Å²) in [6, 6.07) is 5.51. The Labute approximate surface area is 103 Å². The molecule has 0 radical (unpaired) electrons. The fourth-order valence-electron chi connectivity index (χ4n) is 2.40. The molecular formula is C14H11F2NO. The first-order valence-corrected chi connectivity index (χ1v) is 5.85. The van der Waals surface area contributed by atoms with E-state index >= 15 is 0 Å². The van der Waals surface area contributed by atoms with Gasteiger partial charge in [0.25, 0.3) is 0 Å². The molecule has 0 saturated heterocycles. The van der Waals surface area contributed by atoms with E-state index in [9.17, 15) is 13.6 Å². The maximum Gasteiger partial charge on any atom is 0.164 e. The lowest BCUT2D eigenvalue weighted by Crippen LogP contribution is -2.12. The van der Waals surface area contributed by atoms with Crippen LogP contribution in [0.5, 0.6) is 0 Å². The number of hydrogen-bond acceptors (Lipinski definition) is 1. The van der Waals surface area contributed by atoms with Gasteiger partial charge in [0.05, 0.1) is 0 Å². The van der Waals surface area contributed by atoms with Gasteiger partial charge in [-0.1, -0.05) is 0 Å². The van der Waals surface area contributed by atoms with Crippen LogP contribution >= 0.6 is 0 Å². The fourth-order valence-corrected chi connectivity index (χ4v) is 2.40. The second-order valence-electron chi connectivity index (χ2n) is 4.42. The van der Waals surface area contributed by atoms with E-state index in [0.29, 0.717) is 17.7 Å². The standard InChI is InChI=1S/C14H11F2NO/c15-11-5-4-9(8-12(11)16)17-7-6-10-13(17)2-1-3-14(10)18/h4-8H,1-3H2. The van der Waals surface area contributed by atoms with Gasteiger partial charge in [0, 0.05) is 35.6 Å². The summed E-state index contributed by atoms with van der Waals surface area (Å²) in [5.74, 6) is -1.62. The molecule has 0 atom stereocenters. The maximum atomic E-state index is 13.2. The number of benzene rings is 1. The minimum absolute atomic E-state index is 0.123. The monoisotopic (exact) mass is 247 g/mol. The van der Waals surface area contributed by atoms with E-state index in [2.05, 4.69) is 0 Å². The van der Waals surface area contributed by atoms with Gasteiger partial charge in [-0.05, 0) is 31.0 Å². The molecule has 0 fully saturated rings. The average molecular weight is 247 g/mol. The van der Waals surface area contributed by atoms with Crippen LogP contribution in [0.4, 0.5) is 8.78 Å². The quantitative estimate of drug-likeness (QED) is 0.758. The topological polar surface area (TPSA) is 22.0 Å². The number of hydrogen-bond donors (Lipinski definition) is 0. The van der Waals surface area contributed by atoms with Gasteiger partial charge >= 0.3 is 0 Å². The van der Waals surface area contributed by atoms with Crippen molar-refractivity contribution >= 4 is 5.78 Å². The zero-order valence-corrected chi connectivity index (χ0v) is 9.62. The van der Waals surface area contributed by atoms with Crippen LogP contribution in [-0.4, -0.2) is 10.4 Å². The van der Waals surface area contributed by atoms with E-state index in [1.807, 2.05) is 0 Å². The summed E-state index contributed by atoms with van der Waals surface area (Å²) in [6.45, 7) is 0. The first kappa shape index (κ1) is 11.1.